The van der Waals surface area contributed by atoms with Gasteiger partial charge >= 0.3 is 6.18 Å². The molecule has 0 aliphatic heterocycles. The first-order chi connectivity index (χ1) is 10.4. The maximum atomic E-state index is 12.5. The first kappa shape index (κ1) is 16.5. The van der Waals surface area contributed by atoms with Gasteiger partial charge in [0, 0.05) is 25.5 Å². The summed E-state index contributed by atoms with van der Waals surface area (Å²) in [6.45, 7) is 6.30. The van der Waals surface area contributed by atoms with Crippen molar-refractivity contribution in [2.24, 2.45) is 5.92 Å². The summed E-state index contributed by atoms with van der Waals surface area (Å²) in [6, 6.07) is 5.27. The van der Waals surface area contributed by atoms with E-state index in [1.807, 2.05) is 13.1 Å². The van der Waals surface area contributed by atoms with Crippen molar-refractivity contribution in [1.82, 2.24) is 14.9 Å². The van der Waals surface area contributed by atoms with E-state index < -0.39 is 11.7 Å². The molecule has 1 heterocycles. The van der Waals surface area contributed by atoms with Gasteiger partial charge in [-0.2, -0.15) is 13.2 Å². The molecule has 1 atom stereocenters. The van der Waals surface area contributed by atoms with Crippen LogP contribution in [0, 0.1) is 12.8 Å². The molecule has 2 rings (SSSR count). The van der Waals surface area contributed by atoms with Gasteiger partial charge in [-0.25, -0.2) is 4.98 Å². The molecule has 0 saturated carbocycles. The summed E-state index contributed by atoms with van der Waals surface area (Å²) in [5, 5.41) is 3.28. The van der Waals surface area contributed by atoms with Crippen LogP contribution in [0.15, 0.2) is 36.7 Å². The van der Waals surface area contributed by atoms with Crippen LogP contribution in [-0.2, 0) is 19.3 Å². The summed E-state index contributed by atoms with van der Waals surface area (Å²) in [7, 11) is 0. The third-order valence-corrected chi connectivity index (χ3v) is 3.54. The van der Waals surface area contributed by atoms with E-state index in [0.29, 0.717) is 12.5 Å². The minimum Gasteiger partial charge on any atom is -0.335 e. The number of aromatic nitrogens is 2. The van der Waals surface area contributed by atoms with Crippen molar-refractivity contribution in [2.45, 2.75) is 33.1 Å². The van der Waals surface area contributed by atoms with Gasteiger partial charge in [-0.1, -0.05) is 19.1 Å². The number of nitrogens with one attached hydrogen (secondary N) is 1. The molecule has 0 bridgehead atoms. The van der Waals surface area contributed by atoms with Crippen molar-refractivity contribution in [2.75, 3.05) is 6.54 Å². The zero-order valence-electron chi connectivity index (χ0n) is 12.7. The van der Waals surface area contributed by atoms with Gasteiger partial charge in [0.25, 0.3) is 0 Å². The lowest BCUT2D eigenvalue weighted by molar-refractivity contribution is -0.137. The predicted octanol–water partition coefficient (Wildman–Crippen LogP) is 3.64. The van der Waals surface area contributed by atoms with Gasteiger partial charge in [0.15, 0.2) is 0 Å². The van der Waals surface area contributed by atoms with Crippen LogP contribution in [0.1, 0.15) is 23.9 Å². The fourth-order valence-corrected chi connectivity index (χ4v) is 2.27. The molecule has 0 spiro atoms. The largest absolute Gasteiger partial charge is 0.416 e. The zero-order valence-corrected chi connectivity index (χ0v) is 12.7. The summed E-state index contributed by atoms with van der Waals surface area (Å²) in [5.41, 5.74) is 0.235. The molecule has 0 fully saturated rings. The Balaban J connectivity index is 1.77. The lowest BCUT2D eigenvalue weighted by Crippen LogP contribution is -2.24. The Hall–Kier alpha value is -1.82. The van der Waals surface area contributed by atoms with Gasteiger partial charge in [0.05, 0.1) is 5.56 Å². The number of nitrogens with zero attached hydrogens (tertiary/aromatic N) is 2. The molecule has 1 unspecified atom stereocenters. The van der Waals surface area contributed by atoms with E-state index in [2.05, 4.69) is 21.8 Å². The second kappa shape index (κ2) is 6.96. The Morgan fingerprint density at radius 2 is 1.91 bits per heavy atom. The molecule has 120 valence electrons. The highest BCUT2D eigenvalue weighted by molar-refractivity contribution is 5.24. The lowest BCUT2D eigenvalue weighted by atomic mass is 10.1. The van der Waals surface area contributed by atoms with Gasteiger partial charge in [0.1, 0.15) is 5.82 Å². The molecule has 2 aromatic rings. The monoisotopic (exact) mass is 311 g/mol. The van der Waals surface area contributed by atoms with Crippen LogP contribution >= 0.6 is 0 Å². The van der Waals surface area contributed by atoms with Gasteiger partial charge < -0.3 is 9.88 Å². The van der Waals surface area contributed by atoms with Crippen LogP contribution in [0.4, 0.5) is 13.2 Å². The van der Waals surface area contributed by atoms with Gasteiger partial charge in [0.2, 0.25) is 0 Å². The van der Waals surface area contributed by atoms with Gasteiger partial charge in [-0.05, 0) is 37.1 Å². The van der Waals surface area contributed by atoms with Crippen LogP contribution in [0.5, 0.6) is 0 Å². The van der Waals surface area contributed by atoms with E-state index in [-0.39, 0.29) is 0 Å². The van der Waals surface area contributed by atoms with Gasteiger partial charge in [-0.3, -0.25) is 0 Å². The van der Waals surface area contributed by atoms with E-state index in [9.17, 15) is 13.2 Å². The van der Waals surface area contributed by atoms with Crippen LogP contribution in [0.25, 0.3) is 0 Å². The summed E-state index contributed by atoms with van der Waals surface area (Å²) >= 11 is 0. The molecule has 22 heavy (non-hydrogen) atoms. The van der Waals surface area contributed by atoms with E-state index >= 15 is 0 Å². The highest BCUT2D eigenvalue weighted by Gasteiger charge is 2.29. The standard InChI is InChI=1S/C16H20F3N3/c1-12(11-22-8-7-21-13(22)2)9-20-10-14-3-5-15(6-4-14)16(17,18)19/h3-8,12,20H,9-11H2,1-2H3. The Labute approximate surface area is 128 Å². The minimum absolute atomic E-state index is 0.405. The molecule has 0 amide bonds. The average molecular weight is 311 g/mol. The van der Waals surface area contributed by atoms with E-state index in [0.717, 1.165) is 36.6 Å². The summed E-state index contributed by atoms with van der Waals surface area (Å²) in [5.74, 6) is 1.39. The number of halogens is 3. The topological polar surface area (TPSA) is 29.9 Å². The van der Waals surface area contributed by atoms with Crippen molar-refractivity contribution in [1.29, 1.82) is 0 Å². The first-order valence-electron chi connectivity index (χ1n) is 7.21. The summed E-state index contributed by atoms with van der Waals surface area (Å²) in [6.07, 6.45) is -0.553. The number of benzene rings is 1. The third kappa shape index (κ3) is 4.59. The molecule has 6 heteroatoms. The molecule has 0 saturated heterocycles. The number of imidazole rings is 1. The molecular formula is C16H20F3N3. The molecular weight excluding hydrogens is 291 g/mol. The zero-order chi connectivity index (χ0) is 16.2. The smallest absolute Gasteiger partial charge is 0.335 e. The Kier molecular flexibility index (Phi) is 5.24. The van der Waals surface area contributed by atoms with E-state index in [1.165, 1.54) is 12.1 Å². The number of rotatable bonds is 6. The fourth-order valence-electron chi connectivity index (χ4n) is 2.27. The normalized spacial score (nSPS) is 13.3. The van der Waals surface area contributed by atoms with Crippen LogP contribution in [0.3, 0.4) is 0 Å². The maximum Gasteiger partial charge on any atom is 0.416 e. The van der Waals surface area contributed by atoms with Crippen LogP contribution in [-0.4, -0.2) is 16.1 Å². The number of alkyl halides is 3. The van der Waals surface area contributed by atoms with Crippen molar-refractivity contribution in [3.05, 3.63) is 53.6 Å². The Bertz CT molecular complexity index is 587. The molecule has 0 aliphatic carbocycles. The Morgan fingerprint density at radius 1 is 1.23 bits per heavy atom. The second-order valence-electron chi connectivity index (χ2n) is 5.56. The maximum absolute atomic E-state index is 12.5. The quantitative estimate of drug-likeness (QED) is 0.883. The van der Waals surface area contributed by atoms with E-state index in [1.54, 1.807) is 6.20 Å². The summed E-state index contributed by atoms with van der Waals surface area (Å²) in [4.78, 5) is 4.18. The van der Waals surface area contributed by atoms with Crippen LogP contribution in [0.2, 0.25) is 0 Å². The number of hydrogen-bond acceptors (Lipinski definition) is 2. The van der Waals surface area contributed by atoms with Crippen molar-refractivity contribution < 1.29 is 13.2 Å². The highest BCUT2D eigenvalue weighted by atomic mass is 19.4. The molecule has 3 nitrogen and oxygen atoms in total. The third-order valence-electron chi connectivity index (χ3n) is 3.54. The fraction of sp³-hybridized carbons (Fsp3) is 0.438. The van der Waals surface area contributed by atoms with Crippen molar-refractivity contribution in [3.8, 4) is 0 Å². The molecule has 0 radical (unpaired) electrons. The number of hydrogen-bond donors (Lipinski definition) is 1. The molecule has 1 aromatic heterocycles. The number of aryl methyl sites for hydroxylation is 1. The minimum atomic E-state index is -4.27. The summed E-state index contributed by atoms with van der Waals surface area (Å²) < 4.78 is 39.5. The van der Waals surface area contributed by atoms with Gasteiger partial charge in [-0.15, -0.1) is 0 Å². The lowest BCUT2D eigenvalue weighted by Gasteiger charge is -2.14. The first-order valence-corrected chi connectivity index (χ1v) is 7.21. The van der Waals surface area contributed by atoms with E-state index in [4.69, 9.17) is 0 Å². The average Bonchev–Trinajstić information content (AvgIpc) is 2.84. The second-order valence-corrected chi connectivity index (χ2v) is 5.56. The highest BCUT2D eigenvalue weighted by Crippen LogP contribution is 2.29. The van der Waals surface area contributed by atoms with Crippen molar-refractivity contribution in [3.63, 3.8) is 0 Å². The molecule has 0 aliphatic rings. The molecule has 1 N–H and O–H groups in total. The van der Waals surface area contributed by atoms with Crippen molar-refractivity contribution >= 4 is 0 Å². The Morgan fingerprint density at radius 3 is 2.45 bits per heavy atom. The molecule has 1 aromatic carbocycles. The predicted molar refractivity (Wildman–Crippen MR) is 79.3 cm³/mol. The van der Waals surface area contributed by atoms with Crippen LogP contribution < -0.4 is 5.32 Å². The SMILES string of the molecule is Cc1nccn1CC(C)CNCc1ccc(C(F)(F)F)cc1.